The Labute approximate surface area is 348 Å². The highest BCUT2D eigenvalue weighted by Crippen LogP contribution is 2.70. The van der Waals surface area contributed by atoms with Gasteiger partial charge in [0.05, 0.1) is 14.1 Å². The van der Waals surface area contributed by atoms with Crippen LogP contribution in [0.3, 0.4) is 0 Å². The summed E-state index contributed by atoms with van der Waals surface area (Å²) in [6.45, 7) is 0. The Bertz CT molecular complexity index is 3070. The fourth-order valence-corrected chi connectivity index (χ4v) is 15.9. The highest BCUT2D eigenvalue weighted by Gasteiger charge is 2.56. The number of benzene rings is 2. The van der Waals surface area contributed by atoms with Crippen molar-refractivity contribution in [3.63, 3.8) is 0 Å². The molecule has 58 heavy (non-hydrogen) atoms. The van der Waals surface area contributed by atoms with Gasteiger partial charge in [0.1, 0.15) is 35.4 Å². The molecule has 0 saturated heterocycles. The molecule has 2 spiro atoms. The van der Waals surface area contributed by atoms with Crippen molar-refractivity contribution in [1.82, 2.24) is 0 Å². The van der Waals surface area contributed by atoms with Gasteiger partial charge in [-0.3, -0.25) is 4.79 Å². The molecular formula is C50H34N4OS3. The molecule has 3 aromatic heterocycles. The standard InChI is InChI=1S/C50H34N4OS3/c51-24-30(25-52)40-29(19-28-11-3-4-12-34(28)40)20-32-21-38-42(49(32)15-7-1-8-16-49)46-43(50(38)17-9-2-10-18-50)47-48(58-46)45-39(57-47)23-33(56-45)22-37-41(31(26-53)27-54)35-13-5-6-14-36(35)44(37)55/h3-6,11-14,20-23H,1-2,7-10,15-19H2/b29-20+,37-22+. The number of nitriles is 4. The molecule has 6 aliphatic rings. The van der Waals surface area contributed by atoms with Gasteiger partial charge in [-0.15, -0.1) is 34.0 Å². The van der Waals surface area contributed by atoms with Crippen LogP contribution in [0.4, 0.5) is 0 Å². The van der Waals surface area contributed by atoms with Crippen molar-refractivity contribution in [3.8, 4) is 24.3 Å². The first-order chi connectivity index (χ1) is 28.4. The molecule has 278 valence electrons. The van der Waals surface area contributed by atoms with Crippen LogP contribution in [0.25, 0.3) is 41.6 Å². The number of hydrogen-bond acceptors (Lipinski definition) is 8. The summed E-state index contributed by atoms with van der Waals surface area (Å²) in [4.78, 5) is 16.2. The highest BCUT2D eigenvalue weighted by atomic mass is 32.1. The minimum Gasteiger partial charge on any atom is -0.289 e. The number of fused-ring (bicyclic) bond motifs is 11. The maximum absolute atomic E-state index is 13.8. The first-order valence-corrected chi connectivity index (χ1v) is 22.6. The van der Waals surface area contributed by atoms with Crippen LogP contribution >= 0.6 is 34.0 Å². The number of rotatable bonds is 2. The molecule has 2 saturated carbocycles. The molecule has 3 heterocycles. The summed E-state index contributed by atoms with van der Waals surface area (Å²) in [6.07, 6.45) is 19.3. The van der Waals surface area contributed by atoms with Crippen molar-refractivity contribution in [2.75, 3.05) is 0 Å². The number of carbonyl (C=O) groups is 1. The van der Waals surface area contributed by atoms with E-state index in [9.17, 15) is 25.8 Å². The SMILES string of the molecule is N#CC(C#N)=C1/C(=C/C2=CC3=C(c4sc5c(sc6cc(/C=C7/C(=O)c8ccccc8C7=C(C#N)C#N)sc65)c4C34CCCCC4)C23CCCCC3)Cc2ccccc21. The molecule has 0 radical (unpaired) electrons. The molecule has 0 aliphatic heterocycles. The number of thiophene rings is 3. The van der Waals surface area contributed by atoms with Gasteiger partial charge in [0.25, 0.3) is 0 Å². The molecule has 0 bridgehead atoms. The summed E-state index contributed by atoms with van der Waals surface area (Å²) in [5.74, 6) is -0.151. The third kappa shape index (κ3) is 4.72. The molecule has 5 nitrogen and oxygen atoms in total. The fourth-order valence-electron chi connectivity index (χ4n) is 11.4. The van der Waals surface area contributed by atoms with E-state index in [1.807, 2.05) is 71.2 Å². The van der Waals surface area contributed by atoms with Crippen LogP contribution in [0.1, 0.15) is 107 Å². The summed E-state index contributed by atoms with van der Waals surface area (Å²) < 4.78 is 5.22. The van der Waals surface area contributed by atoms with E-state index in [1.54, 1.807) is 28.5 Å². The molecule has 0 unspecified atom stereocenters. The lowest BCUT2D eigenvalue weighted by Crippen LogP contribution is -2.28. The van der Waals surface area contributed by atoms with Crippen LogP contribution in [0.5, 0.6) is 0 Å². The zero-order valence-corrected chi connectivity index (χ0v) is 34.1. The van der Waals surface area contributed by atoms with Crippen LogP contribution < -0.4 is 0 Å². The van der Waals surface area contributed by atoms with Crippen LogP contribution in [-0.2, 0) is 11.8 Å². The van der Waals surface area contributed by atoms with Crippen LogP contribution in [0, 0.1) is 50.7 Å². The van der Waals surface area contributed by atoms with E-state index < -0.39 is 0 Å². The van der Waals surface area contributed by atoms with Crippen molar-refractivity contribution in [1.29, 1.82) is 21.0 Å². The predicted octanol–water partition coefficient (Wildman–Crippen LogP) is 13.1. The van der Waals surface area contributed by atoms with Crippen LogP contribution in [0.2, 0.25) is 0 Å². The molecule has 0 amide bonds. The highest BCUT2D eigenvalue weighted by molar-refractivity contribution is 7.39. The largest absolute Gasteiger partial charge is 0.289 e. The van der Waals surface area contributed by atoms with Crippen molar-refractivity contribution in [2.45, 2.75) is 76.0 Å². The summed E-state index contributed by atoms with van der Waals surface area (Å²) in [5, 5.41) is 40.0. The monoisotopic (exact) mass is 802 g/mol. The molecule has 11 rings (SSSR count). The normalized spacial score (nSPS) is 21.0. The topological polar surface area (TPSA) is 112 Å². The van der Waals surface area contributed by atoms with Gasteiger partial charge in [-0.2, -0.15) is 21.0 Å². The molecule has 6 aliphatic carbocycles. The zero-order chi connectivity index (χ0) is 39.3. The van der Waals surface area contributed by atoms with E-state index in [1.165, 1.54) is 78.9 Å². The quantitative estimate of drug-likeness (QED) is 0.130. The van der Waals surface area contributed by atoms with Crippen molar-refractivity contribution in [2.24, 2.45) is 5.41 Å². The van der Waals surface area contributed by atoms with E-state index in [-0.39, 0.29) is 27.8 Å². The van der Waals surface area contributed by atoms with E-state index >= 15 is 0 Å². The molecule has 2 aromatic carbocycles. The maximum atomic E-state index is 13.8. The third-order valence-corrected chi connectivity index (χ3v) is 17.6. The number of Topliss-reactive ketones (excluding diaryl/α,β-unsaturated/α-hetero) is 1. The molecule has 0 atom stereocenters. The average molecular weight is 803 g/mol. The summed E-state index contributed by atoms with van der Waals surface area (Å²) in [5.41, 5.74) is 12.1. The van der Waals surface area contributed by atoms with E-state index in [0.29, 0.717) is 22.3 Å². The first kappa shape index (κ1) is 35.3. The lowest BCUT2D eigenvalue weighted by atomic mass is 9.66. The van der Waals surface area contributed by atoms with Crippen molar-refractivity contribution in [3.05, 3.63) is 138 Å². The molecule has 8 heteroatoms. The maximum Gasteiger partial charge on any atom is 0.194 e. The van der Waals surface area contributed by atoms with Gasteiger partial charge in [0, 0.05) is 47.6 Å². The second-order valence-electron chi connectivity index (χ2n) is 16.5. The Morgan fingerprint density at radius 1 is 0.655 bits per heavy atom. The summed E-state index contributed by atoms with van der Waals surface area (Å²) in [7, 11) is 0. The van der Waals surface area contributed by atoms with Gasteiger partial charge in [-0.1, -0.05) is 99.2 Å². The van der Waals surface area contributed by atoms with Crippen molar-refractivity contribution < 1.29 is 4.79 Å². The second kappa shape index (κ2) is 13.1. The Balaban J connectivity index is 1.07. The Kier molecular flexibility index (Phi) is 7.96. The van der Waals surface area contributed by atoms with E-state index in [2.05, 4.69) is 42.5 Å². The predicted molar refractivity (Wildman–Crippen MR) is 234 cm³/mol. The van der Waals surface area contributed by atoms with Crippen LogP contribution in [0.15, 0.2) is 100 Å². The molecular weight excluding hydrogens is 769 g/mol. The summed E-state index contributed by atoms with van der Waals surface area (Å²) in [6, 6.07) is 26.2. The van der Waals surface area contributed by atoms with Gasteiger partial charge < -0.3 is 0 Å². The Morgan fingerprint density at radius 3 is 2.00 bits per heavy atom. The minimum atomic E-state index is -0.151. The average Bonchev–Trinajstić information content (AvgIpc) is 4.11. The number of carbonyl (C=O) groups excluding carboxylic acids is 1. The smallest absolute Gasteiger partial charge is 0.194 e. The van der Waals surface area contributed by atoms with E-state index in [4.69, 9.17) is 0 Å². The lowest BCUT2D eigenvalue weighted by Gasteiger charge is -2.38. The minimum absolute atomic E-state index is 0.0296. The first-order valence-electron chi connectivity index (χ1n) is 20.2. The van der Waals surface area contributed by atoms with Gasteiger partial charge >= 0.3 is 0 Å². The Hall–Kier alpha value is -5.87. The van der Waals surface area contributed by atoms with E-state index in [0.717, 1.165) is 53.7 Å². The number of allylic oxidation sites excluding steroid dienone is 11. The third-order valence-electron chi connectivity index (χ3n) is 13.7. The molecule has 2 fully saturated rings. The molecule has 5 aromatic rings. The van der Waals surface area contributed by atoms with Gasteiger partial charge in [0.15, 0.2) is 5.78 Å². The lowest BCUT2D eigenvalue weighted by molar-refractivity contribution is 0.104. The van der Waals surface area contributed by atoms with Crippen molar-refractivity contribution >= 4 is 81.4 Å². The van der Waals surface area contributed by atoms with Gasteiger partial charge in [0.2, 0.25) is 0 Å². The summed E-state index contributed by atoms with van der Waals surface area (Å²) >= 11 is 5.57. The number of ketones is 1. The number of nitrogens with zero attached hydrogens (tertiary/aromatic N) is 4. The van der Waals surface area contributed by atoms with Crippen LogP contribution in [-0.4, -0.2) is 5.78 Å². The zero-order valence-electron chi connectivity index (χ0n) is 31.6. The number of hydrogen-bond donors (Lipinski definition) is 0. The molecule has 0 N–H and O–H groups in total. The van der Waals surface area contributed by atoms with Gasteiger partial charge in [-0.25, -0.2) is 0 Å². The fraction of sp³-hybridized carbons (Fsp3) is 0.260. The van der Waals surface area contributed by atoms with Gasteiger partial charge in [-0.05, 0) is 88.8 Å². The Morgan fingerprint density at radius 2 is 1.29 bits per heavy atom. The second-order valence-corrected chi connectivity index (χ2v) is 19.6.